The minimum Gasteiger partial charge on any atom is -0.389 e. The molecule has 0 aromatic rings. The van der Waals surface area contributed by atoms with Crippen LogP contribution in [0.4, 0.5) is 0 Å². The lowest BCUT2D eigenvalue weighted by atomic mass is 9.97. The number of nitrogens with zero attached hydrogens (tertiary/aromatic N) is 1. The van der Waals surface area contributed by atoms with E-state index in [1.165, 1.54) is 4.31 Å². The fraction of sp³-hybridized carbons (Fsp3) is 1.00. The molecule has 1 saturated heterocycles. The zero-order chi connectivity index (χ0) is 12.4. The van der Waals surface area contributed by atoms with Crippen molar-refractivity contribution in [2.24, 2.45) is 5.92 Å². The van der Waals surface area contributed by atoms with E-state index >= 15 is 0 Å². The summed E-state index contributed by atoms with van der Waals surface area (Å²) in [5, 5.41) is 9.87. The van der Waals surface area contributed by atoms with Crippen LogP contribution in [0, 0.1) is 5.92 Å². The monoisotopic (exact) mass is 269 g/mol. The molecule has 0 spiro atoms. The molecule has 1 fully saturated rings. The van der Waals surface area contributed by atoms with Crippen LogP contribution in [0.3, 0.4) is 0 Å². The maximum Gasteiger partial charge on any atom is 0.214 e. The summed E-state index contributed by atoms with van der Waals surface area (Å²) in [7, 11) is -3.28. The lowest BCUT2D eigenvalue weighted by Gasteiger charge is -2.36. The standard InChI is InChI=1S/C10H20ClNO3S/c1-9(6-11)7-16(14,15)12-5-3-4-10(2,13)8-12/h9,13H,3-8H2,1-2H3. The number of piperidine rings is 1. The molecule has 0 amide bonds. The minimum absolute atomic E-state index is 0.0569. The van der Waals surface area contributed by atoms with E-state index in [4.69, 9.17) is 11.6 Å². The molecule has 0 aromatic heterocycles. The maximum atomic E-state index is 12.0. The zero-order valence-electron chi connectivity index (χ0n) is 9.82. The van der Waals surface area contributed by atoms with Crippen molar-refractivity contribution in [1.82, 2.24) is 4.31 Å². The van der Waals surface area contributed by atoms with Gasteiger partial charge >= 0.3 is 0 Å². The first kappa shape index (κ1) is 14.2. The first-order valence-electron chi connectivity index (χ1n) is 5.53. The van der Waals surface area contributed by atoms with Crippen LogP contribution in [0.1, 0.15) is 26.7 Å². The molecule has 1 aliphatic heterocycles. The summed E-state index contributed by atoms with van der Waals surface area (Å²) in [6.45, 7) is 4.20. The summed E-state index contributed by atoms with van der Waals surface area (Å²) in [4.78, 5) is 0. The highest BCUT2D eigenvalue weighted by molar-refractivity contribution is 7.89. The normalized spacial score (nSPS) is 30.2. The third kappa shape index (κ3) is 3.87. The molecular formula is C10H20ClNO3S. The van der Waals surface area contributed by atoms with Gasteiger partial charge < -0.3 is 5.11 Å². The van der Waals surface area contributed by atoms with Gasteiger partial charge in [-0.05, 0) is 25.7 Å². The summed E-state index contributed by atoms with van der Waals surface area (Å²) in [5.41, 5.74) is -0.893. The predicted octanol–water partition coefficient (Wildman–Crippen LogP) is 1.04. The average Bonchev–Trinajstić information content (AvgIpc) is 2.15. The second kappa shape index (κ2) is 5.21. The third-order valence-electron chi connectivity index (χ3n) is 2.79. The molecule has 1 aliphatic rings. The number of hydrogen-bond acceptors (Lipinski definition) is 3. The van der Waals surface area contributed by atoms with Gasteiger partial charge in [0.05, 0.1) is 11.4 Å². The van der Waals surface area contributed by atoms with Gasteiger partial charge in [0.15, 0.2) is 0 Å². The van der Waals surface area contributed by atoms with Crippen LogP contribution in [0.5, 0.6) is 0 Å². The Morgan fingerprint density at radius 1 is 1.56 bits per heavy atom. The highest BCUT2D eigenvalue weighted by Gasteiger charge is 2.34. The summed E-state index contributed by atoms with van der Waals surface area (Å²) in [6, 6.07) is 0. The number of β-amino-alcohol motifs (C(OH)–C–C–N with tert-alkyl or cyclic N) is 1. The number of alkyl halides is 1. The van der Waals surface area contributed by atoms with Gasteiger partial charge in [0.1, 0.15) is 0 Å². The molecule has 1 rings (SSSR count). The van der Waals surface area contributed by atoms with E-state index in [-0.39, 0.29) is 18.2 Å². The Hall–Kier alpha value is 0.160. The van der Waals surface area contributed by atoms with Gasteiger partial charge in [-0.25, -0.2) is 8.42 Å². The number of hydrogen-bond donors (Lipinski definition) is 1. The molecule has 4 nitrogen and oxygen atoms in total. The van der Waals surface area contributed by atoms with Crippen LogP contribution in [-0.2, 0) is 10.0 Å². The van der Waals surface area contributed by atoms with Crippen molar-refractivity contribution in [2.45, 2.75) is 32.3 Å². The molecule has 96 valence electrons. The largest absolute Gasteiger partial charge is 0.389 e. The van der Waals surface area contributed by atoms with Gasteiger partial charge in [0, 0.05) is 19.0 Å². The van der Waals surface area contributed by atoms with Crippen LogP contribution in [0.25, 0.3) is 0 Å². The minimum atomic E-state index is -3.28. The molecule has 0 bridgehead atoms. The lowest BCUT2D eigenvalue weighted by molar-refractivity contribution is 0.00934. The van der Waals surface area contributed by atoms with Crippen LogP contribution in [0.15, 0.2) is 0 Å². The van der Waals surface area contributed by atoms with Crippen molar-refractivity contribution in [1.29, 1.82) is 0 Å². The third-order valence-corrected chi connectivity index (χ3v) is 5.41. The van der Waals surface area contributed by atoms with Gasteiger partial charge in [-0.15, -0.1) is 11.6 Å². The SMILES string of the molecule is CC(CCl)CS(=O)(=O)N1CCCC(C)(O)C1. The highest BCUT2D eigenvalue weighted by atomic mass is 35.5. The van der Waals surface area contributed by atoms with Gasteiger partial charge in [-0.1, -0.05) is 6.92 Å². The Morgan fingerprint density at radius 3 is 2.69 bits per heavy atom. The van der Waals surface area contributed by atoms with Crippen molar-refractivity contribution in [3.05, 3.63) is 0 Å². The van der Waals surface area contributed by atoms with Crippen molar-refractivity contribution in [3.8, 4) is 0 Å². The van der Waals surface area contributed by atoms with E-state index < -0.39 is 15.6 Å². The van der Waals surface area contributed by atoms with Gasteiger partial charge in [0.25, 0.3) is 0 Å². The van der Waals surface area contributed by atoms with E-state index in [2.05, 4.69) is 0 Å². The van der Waals surface area contributed by atoms with Crippen molar-refractivity contribution < 1.29 is 13.5 Å². The second-order valence-corrected chi connectivity index (χ2v) is 7.29. The predicted molar refractivity (Wildman–Crippen MR) is 65.1 cm³/mol. The number of sulfonamides is 1. The number of halogens is 1. The molecular weight excluding hydrogens is 250 g/mol. The molecule has 2 unspecified atom stereocenters. The molecule has 0 aromatic carbocycles. The summed E-state index contributed by atoms with van der Waals surface area (Å²) < 4.78 is 25.4. The summed E-state index contributed by atoms with van der Waals surface area (Å²) in [6.07, 6.45) is 1.37. The van der Waals surface area contributed by atoms with Crippen LogP contribution in [0.2, 0.25) is 0 Å². The maximum absolute atomic E-state index is 12.0. The van der Waals surface area contributed by atoms with Crippen molar-refractivity contribution in [3.63, 3.8) is 0 Å². The summed E-state index contributed by atoms with van der Waals surface area (Å²) in [5.74, 6) is 0.342. The Kier molecular flexibility index (Phi) is 4.63. The fourth-order valence-electron chi connectivity index (χ4n) is 1.92. The average molecular weight is 270 g/mol. The van der Waals surface area contributed by atoms with Gasteiger partial charge in [-0.3, -0.25) is 0 Å². The van der Waals surface area contributed by atoms with Gasteiger partial charge in [0.2, 0.25) is 10.0 Å². The van der Waals surface area contributed by atoms with E-state index in [1.807, 2.05) is 6.92 Å². The molecule has 6 heteroatoms. The van der Waals surface area contributed by atoms with E-state index in [1.54, 1.807) is 6.92 Å². The fourth-order valence-corrected chi connectivity index (χ4v) is 4.09. The number of aliphatic hydroxyl groups is 1. The van der Waals surface area contributed by atoms with Crippen LogP contribution < -0.4 is 0 Å². The topological polar surface area (TPSA) is 57.6 Å². The first-order valence-corrected chi connectivity index (χ1v) is 7.67. The molecule has 0 saturated carbocycles. The summed E-state index contributed by atoms with van der Waals surface area (Å²) >= 11 is 5.62. The van der Waals surface area contributed by atoms with E-state index in [0.717, 1.165) is 0 Å². The van der Waals surface area contributed by atoms with E-state index in [0.29, 0.717) is 25.3 Å². The zero-order valence-corrected chi connectivity index (χ0v) is 11.4. The Bertz CT molecular complexity index is 329. The quantitative estimate of drug-likeness (QED) is 0.776. The number of rotatable bonds is 4. The van der Waals surface area contributed by atoms with Gasteiger partial charge in [-0.2, -0.15) is 4.31 Å². The van der Waals surface area contributed by atoms with Crippen LogP contribution >= 0.6 is 11.6 Å². The van der Waals surface area contributed by atoms with Crippen molar-refractivity contribution in [2.75, 3.05) is 24.7 Å². The molecule has 1 heterocycles. The van der Waals surface area contributed by atoms with Crippen LogP contribution in [-0.4, -0.2) is 48.2 Å². The Balaban J connectivity index is 2.69. The molecule has 0 radical (unpaired) electrons. The van der Waals surface area contributed by atoms with E-state index in [9.17, 15) is 13.5 Å². The molecule has 1 N–H and O–H groups in total. The smallest absolute Gasteiger partial charge is 0.214 e. The Morgan fingerprint density at radius 2 is 2.19 bits per heavy atom. The molecule has 0 aliphatic carbocycles. The highest BCUT2D eigenvalue weighted by Crippen LogP contribution is 2.23. The second-order valence-electron chi connectivity index (χ2n) is 4.97. The Labute approximate surface area is 103 Å². The van der Waals surface area contributed by atoms with Crippen molar-refractivity contribution >= 4 is 21.6 Å². The first-order chi connectivity index (χ1) is 7.27. The molecule has 16 heavy (non-hydrogen) atoms. The molecule has 2 atom stereocenters. The lowest BCUT2D eigenvalue weighted by Crippen LogP contribution is -2.49.